The topological polar surface area (TPSA) is 48.3 Å². The van der Waals surface area contributed by atoms with Crippen LogP contribution in [0, 0.1) is 11.6 Å². The molecule has 0 saturated carbocycles. The molecule has 4 nitrogen and oxygen atoms in total. The van der Waals surface area contributed by atoms with Gasteiger partial charge in [-0.15, -0.1) is 0 Å². The van der Waals surface area contributed by atoms with Crippen LogP contribution >= 0.6 is 0 Å². The third kappa shape index (κ3) is 3.59. The minimum Gasteiger partial charge on any atom is -0.497 e. The van der Waals surface area contributed by atoms with E-state index in [-0.39, 0.29) is 17.5 Å². The minimum absolute atomic E-state index is 0.0608. The lowest BCUT2D eigenvalue weighted by Crippen LogP contribution is -2.20. The van der Waals surface area contributed by atoms with Crippen molar-refractivity contribution in [3.63, 3.8) is 0 Å². The lowest BCUT2D eigenvalue weighted by molar-refractivity contribution is 0.103. The predicted octanol–water partition coefficient (Wildman–Crippen LogP) is 4.57. The standard InChI is InChI=1S/C24H17F2NO3/c1-30-18-9-6-15(7-10-18)23(28)20-14-27(13-16-4-2-3-5-21(16)26)22-11-8-17(25)12-19(22)24(20)29/h2-12,14H,13H2,1H3. The number of aromatic nitrogens is 1. The highest BCUT2D eigenvalue weighted by molar-refractivity contribution is 6.10. The number of methoxy groups -OCH3 is 1. The van der Waals surface area contributed by atoms with Crippen molar-refractivity contribution in [2.24, 2.45) is 0 Å². The maximum atomic E-state index is 14.2. The van der Waals surface area contributed by atoms with Gasteiger partial charge in [-0.1, -0.05) is 18.2 Å². The number of benzene rings is 3. The quantitative estimate of drug-likeness (QED) is 0.457. The largest absolute Gasteiger partial charge is 0.497 e. The van der Waals surface area contributed by atoms with Crippen molar-refractivity contribution in [1.29, 1.82) is 0 Å². The van der Waals surface area contributed by atoms with Gasteiger partial charge in [0.15, 0.2) is 5.78 Å². The molecule has 0 radical (unpaired) electrons. The molecule has 4 aromatic rings. The van der Waals surface area contributed by atoms with Crippen molar-refractivity contribution in [2.45, 2.75) is 6.54 Å². The average Bonchev–Trinajstić information content (AvgIpc) is 2.76. The Hall–Kier alpha value is -3.80. The van der Waals surface area contributed by atoms with Crippen molar-refractivity contribution in [2.75, 3.05) is 7.11 Å². The van der Waals surface area contributed by atoms with Crippen LogP contribution in [0.4, 0.5) is 8.78 Å². The van der Waals surface area contributed by atoms with Gasteiger partial charge in [0.25, 0.3) is 0 Å². The number of nitrogens with zero attached hydrogens (tertiary/aromatic N) is 1. The first-order valence-corrected chi connectivity index (χ1v) is 9.23. The molecule has 0 spiro atoms. The molecule has 0 atom stereocenters. The zero-order valence-corrected chi connectivity index (χ0v) is 16.1. The molecule has 1 heterocycles. The SMILES string of the molecule is COc1ccc(C(=O)c2cn(Cc3ccccc3F)c3ccc(F)cc3c2=O)cc1. The number of ketones is 1. The molecule has 0 bridgehead atoms. The number of pyridine rings is 1. The number of carbonyl (C=O) groups is 1. The van der Waals surface area contributed by atoms with E-state index < -0.39 is 22.8 Å². The van der Waals surface area contributed by atoms with E-state index in [2.05, 4.69) is 0 Å². The second-order valence-corrected chi connectivity index (χ2v) is 6.81. The molecule has 0 amide bonds. The third-order valence-electron chi connectivity index (χ3n) is 4.94. The average molecular weight is 405 g/mol. The molecule has 30 heavy (non-hydrogen) atoms. The number of fused-ring (bicyclic) bond motifs is 1. The summed E-state index contributed by atoms with van der Waals surface area (Å²) in [6.07, 6.45) is 1.40. The molecule has 0 unspecified atom stereocenters. The zero-order valence-electron chi connectivity index (χ0n) is 16.1. The number of carbonyl (C=O) groups excluding carboxylic acids is 1. The molecule has 150 valence electrons. The molecular formula is C24H17F2NO3. The molecular weight excluding hydrogens is 388 g/mol. The van der Waals surface area contributed by atoms with Crippen LogP contribution < -0.4 is 10.2 Å². The fraction of sp³-hybridized carbons (Fsp3) is 0.0833. The summed E-state index contributed by atoms with van der Waals surface area (Å²) in [6.45, 7) is 0.0813. The van der Waals surface area contributed by atoms with Gasteiger partial charge in [-0.25, -0.2) is 8.78 Å². The van der Waals surface area contributed by atoms with Gasteiger partial charge >= 0.3 is 0 Å². The van der Waals surface area contributed by atoms with Crippen molar-refractivity contribution < 1.29 is 18.3 Å². The van der Waals surface area contributed by atoms with Gasteiger partial charge in [0.1, 0.15) is 17.4 Å². The highest BCUT2D eigenvalue weighted by Gasteiger charge is 2.18. The Morgan fingerprint density at radius 2 is 1.73 bits per heavy atom. The van der Waals surface area contributed by atoms with E-state index in [1.54, 1.807) is 47.0 Å². The summed E-state index contributed by atoms with van der Waals surface area (Å²) in [5.41, 5.74) is 0.399. The Kier molecular flexibility index (Phi) is 5.14. The molecule has 0 fully saturated rings. The highest BCUT2D eigenvalue weighted by atomic mass is 19.1. The summed E-state index contributed by atoms with van der Waals surface area (Å²) in [6, 6.07) is 16.4. The molecule has 4 rings (SSSR count). The molecule has 0 aliphatic rings. The number of halogens is 2. The van der Waals surface area contributed by atoms with Gasteiger partial charge in [0, 0.05) is 22.7 Å². The Labute approximate surface area is 171 Å². The van der Waals surface area contributed by atoms with Crippen molar-refractivity contribution in [1.82, 2.24) is 4.57 Å². The van der Waals surface area contributed by atoms with E-state index in [0.717, 1.165) is 6.07 Å². The smallest absolute Gasteiger partial charge is 0.200 e. The van der Waals surface area contributed by atoms with Gasteiger partial charge in [-0.05, 0) is 48.5 Å². The Bertz CT molecular complexity index is 1310. The lowest BCUT2D eigenvalue weighted by Gasteiger charge is -2.14. The first kappa shape index (κ1) is 19.5. The first-order chi connectivity index (χ1) is 14.5. The minimum atomic E-state index is -0.592. The molecule has 0 aliphatic carbocycles. The molecule has 0 aliphatic heterocycles. The second kappa shape index (κ2) is 7.91. The molecule has 6 heteroatoms. The number of hydrogen-bond donors (Lipinski definition) is 0. The van der Waals surface area contributed by atoms with Crippen LogP contribution in [0.5, 0.6) is 5.75 Å². The summed E-state index contributed by atoms with van der Waals surface area (Å²) in [5.74, 6) is -0.930. The van der Waals surface area contributed by atoms with Gasteiger partial charge in [0.2, 0.25) is 5.43 Å². The van der Waals surface area contributed by atoms with Crippen LogP contribution in [0.25, 0.3) is 10.9 Å². The van der Waals surface area contributed by atoms with Gasteiger partial charge in [-0.2, -0.15) is 0 Å². The Balaban J connectivity index is 1.89. The van der Waals surface area contributed by atoms with Crippen molar-refractivity contribution in [3.05, 3.63) is 111 Å². The summed E-state index contributed by atoms with van der Waals surface area (Å²) in [5, 5.41) is 0.0608. The van der Waals surface area contributed by atoms with Gasteiger partial charge in [0.05, 0.1) is 24.7 Å². The van der Waals surface area contributed by atoms with Crippen molar-refractivity contribution >= 4 is 16.7 Å². The number of ether oxygens (including phenoxy) is 1. The second-order valence-electron chi connectivity index (χ2n) is 6.81. The first-order valence-electron chi connectivity index (χ1n) is 9.23. The maximum Gasteiger partial charge on any atom is 0.200 e. The zero-order chi connectivity index (χ0) is 21.3. The van der Waals surface area contributed by atoms with Crippen LogP contribution in [-0.4, -0.2) is 17.5 Å². The fourth-order valence-electron chi connectivity index (χ4n) is 3.37. The monoisotopic (exact) mass is 405 g/mol. The fourth-order valence-corrected chi connectivity index (χ4v) is 3.37. The third-order valence-corrected chi connectivity index (χ3v) is 4.94. The van der Waals surface area contributed by atoms with Crippen LogP contribution in [0.3, 0.4) is 0 Å². The molecule has 0 N–H and O–H groups in total. The maximum absolute atomic E-state index is 14.2. The summed E-state index contributed by atoms with van der Waals surface area (Å²) >= 11 is 0. The highest BCUT2D eigenvalue weighted by Crippen LogP contribution is 2.19. The van der Waals surface area contributed by atoms with Crippen LogP contribution in [0.15, 0.2) is 77.7 Å². The van der Waals surface area contributed by atoms with E-state index >= 15 is 0 Å². The lowest BCUT2D eigenvalue weighted by atomic mass is 10.0. The Morgan fingerprint density at radius 1 is 1.00 bits per heavy atom. The number of hydrogen-bond acceptors (Lipinski definition) is 3. The Morgan fingerprint density at radius 3 is 2.43 bits per heavy atom. The summed E-state index contributed by atoms with van der Waals surface area (Å²) in [7, 11) is 1.51. The van der Waals surface area contributed by atoms with Crippen molar-refractivity contribution in [3.8, 4) is 5.75 Å². The van der Waals surface area contributed by atoms with Crippen LogP contribution in [0.2, 0.25) is 0 Å². The van der Waals surface area contributed by atoms with Gasteiger partial charge in [-0.3, -0.25) is 9.59 Å². The van der Waals surface area contributed by atoms with E-state index in [0.29, 0.717) is 22.4 Å². The van der Waals surface area contributed by atoms with Crippen LogP contribution in [0.1, 0.15) is 21.5 Å². The van der Waals surface area contributed by atoms with E-state index in [1.165, 1.54) is 31.5 Å². The molecule has 1 aromatic heterocycles. The van der Waals surface area contributed by atoms with Gasteiger partial charge < -0.3 is 9.30 Å². The number of rotatable bonds is 5. The van der Waals surface area contributed by atoms with E-state index in [1.807, 2.05) is 0 Å². The van der Waals surface area contributed by atoms with E-state index in [9.17, 15) is 18.4 Å². The van der Waals surface area contributed by atoms with E-state index in [4.69, 9.17) is 4.74 Å². The predicted molar refractivity (Wildman–Crippen MR) is 110 cm³/mol. The summed E-state index contributed by atoms with van der Waals surface area (Å²) < 4.78 is 34.8. The molecule has 0 saturated heterocycles. The summed E-state index contributed by atoms with van der Waals surface area (Å²) in [4.78, 5) is 26.0. The molecule has 3 aromatic carbocycles. The van der Waals surface area contributed by atoms with Crippen LogP contribution in [-0.2, 0) is 6.54 Å². The normalized spacial score (nSPS) is 10.9.